The van der Waals surface area contributed by atoms with E-state index in [4.69, 9.17) is 11.8 Å². The Bertz CT molecular complexity index is 629. The van der Waals surface area contributed by atoms with Crippen LogP contribution < -0.4 is 11.1 Å². The summed E-state index contributed by atoms with van der Waals surface area (Å²) >= 11 is 0. The molecule has 1 rings (SSSR count). The molecule has 1 aromatic rings. The lowest BCUT2D eigenvalue weighted by molar-refractivity contribution is -0.144. The van der Waals surface area contributed by atoms with E-state index in [2.05, 4.69) is 5.32 Å². The van der Waals surface area contributed by atoms with Crippen molar-refractivity contribution in [2.75, 3.05) is 0 Å². The van der Waals surface area contributed by atoms with Crippen LogP contribution in [-0.4, -0.2) is 29.7 Å². The molecular weight excluding hydrogens is 320 g/mol. The molecule has 0 fully saturated rings. The fraction of sp³-hybridized carbons (Fsp3) is 0.526. The molecule has 0 aromatic heterocycles. The topological polar surface area (TPSA) is 98.5 Å². The Morgan fingerprint density at radius 2 is 1.72 bits per heavy atom. The molecule has 6 heteroatoms. The zero-order chi connectivity index (χ0) is 19.9. The predicted molar refractivity (Wildman–Crippen MR) is 95.7 cm³/mol. The minimum absolute atomic E-state index is 0.00279. The molecule has 6 nitrogen and oxygen atoms in total. The van der Waals surface area contributed by atoms with E-state index in [1.165, 1.54) is 6.92 Å². The van der Waals surface area contributed by atoms with Crippen molar-refractivity contribution in [2.45, 2.75) is 59.2 Å². The van der Waals surface area contributed by atoms with Gasteiger partial charge in [-0.05, 0) is 24.0 Å². The van der Waals surface area contributed by atoms with Gasteiger partial charge in [-0.2, -0.15) is 0 Å². The van der Waals surface area contributed by atoms with Gasteiger partial charge in [-0.25, -0.2) is 0 Å². The molecule has 0 bridgehead atoms. The van der Waals surface area contributed by atoms with Gasteiger partial charge in [-0.3, -0.25) is 14.4 Å². The quantitative estimate of drug-likeness (QED) is 0.661. The fourth-order valence-corrected chi connectivity index (χ4v) is 2.04. The first kappa shape index (κ1) is 19.1. The molecule has 1 unspecified atom stereocenters. The summed E-state index contributed by atoms with van der Waals surface area (Å²) < 4.78 is 12.2. The standard InChI is InChI=1S/C19H28N2O4/c1-5-17(23)25-11-15-8-6-14(7-9-15)10-16(22)13(4)21-19(24)18(20)12(2)3/h6-9,12-13,18H,5,10-11,20H2,1-4H3,(H,21,24)/t13-,18-/m0/s1/i5T/t5?,13-,18-. The molecule has 25 heavy (non-hydrogen) atoms. The fourth-order valence-electron chi connectivity index (χ4n) is 2.04. The highest BCUT2D eigenvalue weighted by atomic mass is 16.5. The number of hydrogen-bond donors (Lipinski definition) is 2. The van der Waals surface area contributed by atoms with Crippen molar-refractivity contribution >= 4 is 17.7 Å². The average Bonchev–Trinajstić information content (AvgIpc) is 2.59. The predicted octanol–water partition coefficient (Wildman–Crippen LogP) is 1.74. The van der Waals surface area contributed by atoms with Crippen molar-refractivity contribution in [3.05, 3.63) is 35.4 Å². The van der Waals surface area contributed by atoms with Crippen molar-refractivity contribution in [1.29, 1.82) is 0 Å². The van der Waals surface area contributed by atoms with Crippen molar-refractivity contribution in [1.82, 2.24) is 5.32 Å². The van der Waals surface area contributed by atoms with E-state index in [-0.39, 0.29) is 30.6 Å². The normalized spacial score (nSPS) is 15.0. The lowest BCUT2D eigenvalue weighted by Crippen LogP contribution is -2.49. The van der Waals surface area contributed by atoms with Crippen molar-refractivity contribution in [2.24, 2.45) is 11.7 Å². The molecule has 0 aliphatic rings. The van der Waals surface area contributed by atoms with E-state index in [9.17, 15) is 14.4 Å². The van der Waals surface area contributed by atoms with Gasteiger partial charge in [0.1, 0.15) is 6.61 Å². The van der Waals surface area contributed by atoms with Gasteiger partial charge in [0, 0.05) is 14.2 Å². The van der Waals surface area contributed by atoms with Crippen LogP contribution in [0.1, 0.15) is 46.6 Å². The van der Waals surface area contributed by atoms with Crippen LogP contribution in [-0.2, 0) is 32.1 Å². The van der Waals surface area contributed by atoms with Gasteiger partial charge in [0.15, 0.2) is 5.78 Å². The number of nitrogens with two attached hydrogens (primary N) is 1. The molecule has 0 aliphatic carbocycles. The molecule has 0 saturated carbocycles. The number of benzene rings is 1. The number of carbonyl (C=O) groups excluding carboxylic acids is 3. The van der Waals surface area contributed by atoms with Crippen molar-refractivity contribution < 1.29 is 20.5 Å². The molecule has 0 heterocycles. The summed E-state index contributed by atoms with van der Waals surface area (Å²) in [5, 5.41) is 2.65. The molecule has 138 valence electrons. The number of hydrogen-bond acceptors (Lipinski definition) is 5. The highest BCUT2D eigenvalue weighted by Gasteiger charge is 2.22. The zero-order valence-corrected chi connectivity index (χ0v) is 15.2. The summed E-state index contributed by atoms with van der Waals surface area (Å²) in [7, 11) is 0. The third-order valence-electron chi connectivity index (χ3n) is 3.88. The lowest BCUT2D eigenvalue weighted by Gasteiger charge is -2.19. The van der Waals surface area contributed by atoms with Gasteiger partial charge in [0.2, 0.25) is 5.91 Å². The largest absolute Gasteiger partial charge is 0.461 e. The van der Waals surface area contributed by atoms with E-state index in [1.54, 1.807) is 31.2 Å². The molecule has 0 spiro atoms. The van der Waals surface area contributed by atoms with Gasteiger partial charge >= 0.3 is 5.97 Å². The Hall–Kier alpha value is -2.21. The second-order valence-corrected chi connectivity index (χ2v) is 6.36. The van der Waals surface area contributed by atoms with Gasteiger partial charge in [0.25, 0.3) is 0 Å². The molecule has 1 aromatic carbocycles. The van der Waals surface area contributed by atoms with Crippen molar-refractivity contribution in [3.63, 3.8) is 0 Å². The van der Waals surface area contributed by atoms with Crippen LogP contribution in [0.5, 0.6) is 0 Å². The second-order valence-electron chi connectivity index (χ2n) is 6.36. The molecular formula is C19H28N2O4. The van der Waals surface area contributed by atoms with Gasteiger partial charge in [0.05, 0.1) is 12.1 Å². The first-order valence-corrected chi connectivity index (χ1v) is 8.37. The highest BCUT2D eigenvalue weighted by Crippen LogP contribution is 2.09. The maximum Gasteiger partial charge on any atom is 0.305 e. The summed E-state index contributed by atoms with van der Waals surface area (Å²) in [5.41, 5.74) is 7.35. The number of nitrogens with one attached hydrogen (secondary N) is 1. The molecule has 0 aliphatic heterocycles. The minimum Gasteiger partial charge on any atom is -0.461 e. The maximum atomic E-state index is 12.3. The molecule has 0 saturated heterocycles. The van der Waals surface area contributed by atoms with E-state index < -0.39 is 24.4 Å². The first-order chi connectivity index (χ1) is 12.1. The Labute approximate surface area is 150 Å². The van der Waals surface area contributed by atoms with E-state index in [1.807, 2.05) is 13.8 Å². The maximum absolute atomic E-state index is 12.3. The Morgan fingerprint density at radius 3 is 2.24 bits per heavy atom. The number of ether oxygens (including phenoxy) is 1. The van der Waals surface area contributed by atoms with Crippen LogP contribution in [0.4, 0.5) is 0 Å². The molecule has 3 N–H and O–H groups in total. The van der Waals surface area contributed by atoms with Crippen LogP contribution in [0, 0.1) is 5.92 Å². The highest BCUT2D eigenvalue weighted by molar-refractivity contribution is 5.91. The average molecular weight is 350 g/mol. The Kier molecular flexibility index (Phi) is 7.60. The van der Waals surface area contributed by atoms with Crippen LogP contribution >= 0.6 is 0 Å². The lowest BCUT2D eigenvalue weighted by atomic mass is 10.0. The Morgan fingerprint density at radius 1 is 1.16 bits per heavy atom. The number of carbonyl (C=O) groups is 3. The number of amides is 1. The third-order valence-corrected chi connectivity index (χ3v) is 3.88. The molecule has 1 amide bonds. The van der Waals surface area contributed by atoms with Gasteiger partial charge in [-0.1, -0.05) is 45.0 Å². The third kappa shape index (κ3) is 7.05. The SMILES string of the molecule is [3H]C(C)C(=O)OCc1ccc(CC(=O)[C@H](C)NC(=O)[C@@H](N)C(C)C)cc1. The smallest absolute Gasteiger partial charge is 0.305 e. The van der Waals surface area contributed by atoms with E-state index in [0.717, 1.165) is 11.1 Å². The van der Waals surface area contributed by atoms with Gasteiger partial charge in [-0.15, -0.1) is 0 Å². The summed E-state index contributed by atoms with van der Waals surface area (Å²) in [6.07, 6.45) is -0.727. The number of esters is 1. The van der Waals surface area contributed by atoms with E-state index in [0.29, 0.717) is 0 Å². The summed E-state index contributed by atoms with van der Waals surface area (Å²) in [6, 6.07) is 5.83. The number of rotatable bonds is 9. The second kappa shape index (κ2) is 9.93. The molecule has 0 radical (unpaired) electrons. The minimum atomic E-state index is -0.910. The van der Waals surface area contributed by atoms with Crippen LogP contribution in [0.3, 0.4) is 0 Å². The Balaban J connectivity index is 2.54. The summed E-state index contributed by atoms with van der Waals surface area (Å²) in [5.74, 6) is -1.02. The first-order valence-electron chi connectivity index (χ1n) is 8.95. The summed E-state index contributed by atoms with van der Waals surface area (Å²) in [6.45, 7) is 6.88. The zero-order valence-electron chi connectivity index (χ0n) is 16.2. The van der Waals surface area contributed by atoms with Crippen LogP contribution in [0.25, 0.3) is 0 Å². The van der Waals surface area contributed by atoms with Crippen LogP contribution in [0.15, 0.2) is 24.3 Å². The monoisotopic (exact) mass is 350 g/mol. The number of Topliss-reactive ketones (excluding diaryl/α,β-unsaturated/α-hetero) is 1. The van der Waals surface area contributed by atoms with Crippen LogP contribution in [0.2, 0.25) is 0 Å². The summed E-state index contributed by atoms with van der Waals surface area (Å²) in [4.78, 5) is 35.5. The van der Waals surface area contributed by atoms with Crippen molar-refractivity contribution in [3.8, 4) is 0 Å². The number of ketones is 1. The molecule has 3 atom stereocenters. The van der Waals surface area contributed by atoms with Gasteiger partial charge < -0.3 is 15.8 Å². The van der Waals surface area contributed by atoms with E-state index >= 15 is 0 Å².